The van der Waals surface area contributed by atoms with Gasteiger partial charge in [-0.05, 0) is 12.1 Å². The average molecular weight is 360 g/mol. The second-order valence-corrected chi connectivity index (χ2v) is 5.30. The van der Waals surface area contributed by atoms with Crippen molar-refractivity contribution in [1.29, 1.82) is 0 Å². The van der Waals surface area contributed by atoms with Crippen molar-refractivity contribution >= 4 is 11.0 Å². The van der Waals surface area contributed by atoms with Crippen molar-refractivity contribution in [3.63, 3.8) is 0 Å². The third kappa shape index (κ3) is 2.43. The van der Waals surface area contributed by atoms with Crippen LogP contribution >= 0.6 is 0 Å². The standard InChI is InChI=1S/C18H16O8/c1-23-10-6-4-5-8(19)12(10)11-7-9(20)13-14(21)15(22)17(24-2)18(25-3)16(13)26-11/h4-7,19,21-22H,1-3H3. The number of phenols is 3. The number of hydrogen-bond donors (Lipinski definition) is 3. The van der Waals surface area contributed by atoms with Crippen LogP contribution in [0.1, 0.15) is 0 Å². The highest BCUT2D eigenvalue weighted by Crippen LogP contribution is 2.50. The topological polar surface area (TPSA) is 119 Å². The largest absolute Gasteiger partial charge is 0.507 e. The van der Waals surface area contributed by atoms with Gasteiger partial charge in [0.25, 0.3) is 0 Å². The first-order valence-electron chi connectivity index (χ1n) is 7.44. The maximum Gasteiger partial charge on any atom is 0.211 e. The number of methoxy groups -OCH3 is 3. The number of hydrogen-bond acceptors (Lipinski definition) is 8. The first-order valence-corrected chi connectivity index (χ1v) is 7.44. The number of rotatable bonds is 4. The Morgan fingerprint density at radius 3 is 2.23 bits per heavy atom. The molecule has 1 heterocycles. The molecule has 0 spiro atoms. The zero-order valence-electron chi connectivity index (χ0n) is 14.2. The molecule has 3 rings (SSSR count). The van der Waals surface area contributed by atoms with Crippen molar-refractivity contribution in [1.82, 2.24) is 0 Å². The minimum atomic E-state index is -0.692. The summed E-state index contributed by atoms with van der Waals surface area (Å²) in [4.78, 5) is 12.6. The SMILES string of the molecule is COc1cccc(O)c1-c1cc(=O)c2c(O)c(O)c(OC)c(OC)c2o1. The van der Waals surface area contributed by atoms with E-state index in [4.69, 9.17) is 18.6 Å². The lowest BCUT2D eigenvalue weighted by atomic mass is 10.1. The fourth-order valence-electron chi connectivity index (χ4n) is 2.75. The van der Waals surface area contributed by atoms with Crippen molar-refractivity contribution in [3.05, 3.63) is 34.5 Å². The predicted octanol–water partition coefficient (Wildman–Crippen LogP) is 2.60. The first-order chi connectivity index (χ1) is 12.4. The van der Waals surface area contributed by atoms with Gasteiger partial charge in [0, 0.05) is 6.07 Å². The Kier molecular flexibility index (Phi) is 4.25. The quantitative estimate of drug-likeness (QED) is 0.608. The Bertz CT molecular complexity index is 1050. The summed E-state index contributed by atoms with van der Waals surface area (Å²) in [5, 5.41) is 30.1. The van der Waals surface area contributed by atoms with Crippen LogP contribution in [0, 0.1) is 0 Å². The zero-order valence-corrected chi connectivity index (χ0v) is 14.2. The van der Waals surface area contributed by atoms with E-state index in [9.17, 15) is 20.1 Å². The van der Waals surface area contributed by atoms with E-state index >= 15 is 0 Å². The van der Waals surface area contributed by atoms with Crippen LogP contribution in [0.25, 0.3) is 22.3 Å². The lowest BCUT2D eigenvalue weighted by Crippen LogP contribution is -2.04. The van der Waals surface area contributed by atoms with E-state index in [1.165, 1.54) is 27.4 Å². The number of fused-ring (bicyclic) bond motifs is 1. The zero-order chi connectivity index (χ0) is 19.0. The summed E-state index contributed by atoms with van der Waals surface area (Å²) in [6.07, 6.45) is 0. The Labute approximate surface area is 147 Å². The lowest BCUT2D eigenvalue weighted by molar-refractivity contribution is 0.321. The number of phenolic OH excluding ortho intramolecular Hbond substituents is 3. The van der Waals surface area contributed by atoms with Gasteiger partial charge >= 0.3 is 0 Å². The minimum Gasteiger partial charge on any atom is -0.507 e. The van der Waals surface area contributed by atoms with E-state index < -0.39 is 16.9 Å². The molecular weight excluding hydrogens is 344 g/mol. The lowest BCUT2D eigenvalue weighted by Gasteiger charge is -2.15. The second-order valence-electron chi connectivity index (χ2n) is 5.30. The second kappa shape index (κ2) is 6.40. The summed E-state index contributed by atoms with van der Waals surface area (Å²) in [5.41, 5.74) is -0.643. The summed E-state index contributed by atoms with van der Waals surface area (Å²) >= 11 is 0. The molecule has 0 radical (unpaired) electrons. The van der Waals surface area contributed by atoms with Crippen LogP contribution in [-0.4, -0.2) is 36.6 Å². The monoisotopic (exact) mass is 360 g/mol. The normalized spacial score (nSPS) is 10.7. The average Bonchev–Trinajstić information content (AvgIpc) is 2.63. The smallest absolute Gasteiger partial charge is 0.211 e. The third-order valence-electron chi connectivity index (χ3n) is 3.92. The Balaban J connectivity index is 2.47. The maximum absolute atomic E-state index is 12.6. The Hall–Kier alpha value is -3.55. The van der Waals surface area contributed by atoms with E-state index in [0.29, 0.717) is 0 Å². The van der Waals surface area contributed by atoms with Crippen molar-refractivity contribution in [2.75, 3.05) is 21.3 Å². The molecule has 2 aromatic carbocycles. The van der Waals surface area contributed by atoms with Gasteiger partial charge < -0.3 is 33.9 Å². The van der Waals surface area contributed by atoms with E-state index in [1.807, 2.05) is 0 Å². The van der Waals surface area contributed by atoms with Crippen LogP contribution in [0.15, 0.2) is 33.5 Å². The van der Waals surface area contributed by atoms with E-state index in [-0.39, 0.29) is 45.3 Å². The minimum absolute atomic E-state index is 0.0112. The third-order valence-corrected chi connectivity index (χ3v) is 3.92. The van der Waals surface area contributed by atoms with Gasteiger partial charge in [-0.2, -0.15) is 0 Å². The maximum atomic E-state index is 12.6. The Morgan fingerprint density at radius 2 is 1.62 bits per heavy atom. The highest BCUT2D eigenvalue weighted by atomic mass is 16.5. The molecule has 0 saturated heterocycles. The van der Waals surface area contributed by atoms with Crippen LogP contribution in [0.4, 0.5) is 0 Å². The molecule has 8 heteroatoms. The molecule has 1 aromatic heterocycles. The molecule has 8 nitrogen and oxygen atoms in total. The van der Waals surface area contributed by atoms with E-state index in [2.05, 4.69) is 0 Å². The Morgan fingerprint density at radius 1 is 0.923 bits per heavy atom. The van der Waals surface area contributed by atoms with Gasteiger partial charge in [0.15, 0.2) is 16.8 Å². The molecule has 136 valence electrons. The number of aromatic hydroxyl groups is 3. The molecule has 3 N–H and O–H groups in total. The molecule has 0 bridgehead atoms. The summed E-state index contributed by atoms with van der Waals surface area (Å²) in [6, 6.07) is 5.65. The van der Waals surface area contributed by atoms with Gasteiger partial charge in [-0.1, -0.05) is 6.07 Å². The van der Waals surface area contributed by atoms with Crippen LogP contribution in [0.2, 0.25) is 0 Å². The van der Waals surface area contributed by atoms with Gasteiger partial charge in [-0.3, -0.25) is 4.79 Å². The molecular formula is C18H16O8. The van der Waals surface area contributed by atoms with Gasteiger partial charge in [0.1, 0.15) is 28.2 Å². The van der Waals surface area contributed by atoms with Crippen LogP contribution in [0.5, 0.6) is 34.5 Å². The van der Waals surface area contributed by atoms with Crippen LogP contribution in [0.3, 0.4) is 0 Å². The summed E-state index contributed by atoms with van der Waals surface area (Å²) < 4.78 is 21.2. The molecule has 0 saturated carbocycles. The molecule has 0 aliphatic heterocycles. The van der Waals surface area contributed by atoms with E-state index in [0.717, 1.165) is 6.07 Å². The van der Waals surface area contributed by atoms with Gasteiger partial charge in [-0.15, -0.1) is 0 Å². The molecule has 0 unspecified atom stereocenters. The molecule has 3 aromatic rings. The molecule has 0 amide bonds. The summed E-state index contributed by atoms with van der Waals surface area (Å²) in [5.74, 6) is -1.50. The highest BCUT2D eigenvalue weighted by Gasteiger charge is 2.26. The van der Waals surface area contributed by atoms with E-state index in [1.54, 1.807) is 12.1 Å². The van der Waals surface area contributed by atoms with Crippen molar-refractivity contribution in [3.8, 4) is 45.8 Å². The molecule has 0 fully saturated rings. The molecule has 0 atom stereocenters. The van der Waals surface area contributed by atoms with Crippen molar-refractivity contribution in [2.45, 2.75) is 0 Å². The molecule has 0 aliphatic carbocycles. The fraction of sp³-hybridized carbons (Fsp3) is 0.167. The van der Waals surface area contributed by atoms with Gasteiger partial charge in [0.05, 0.1) is 21.3 Å². The first kappa shape index (κ1) is 17.3. The molecule has 26 heavy (non-hydrogen) atoms. The summed E-state index contributed by atoms with van der Waals surface area (Å²) in [7, 11) is 3.96. The fourth-order valence-corrected chi connectivity index (χ4v) is 2.75. The number of ether oxygens (including phenoxy) is 3. The summed E-state index contributed by atoms with van der Waals surface area (Å²) in [6.45, 7) is 0. The van der Waals surface area contributed by atoms with Crippen LogP contribution in [-0.2, 0) is 0 Å². The highest BCUT2D eigenvalue weighted by molar-refractivity contribution is 5.95. The number of benzene rings is 2. The van der Waals surface area contributed by atoms with Crippen LogP contribution < -0.4 is 19.6 Å². The van der Waals surface area contributed by atoms with Gasteiger partial charge in [-0.25, -0.2) is 0 Å². The molecule has 0 aliphatic rings. The van der Waals surface area contributed by atoms with Gasteiger partial charge in [0.2, 0.25) is 17.2 Å². The predicted molar refractivity (Wildman–Crippen MR) is 92.6 cm³/mol. The van der Waals surface area contributed by atoms with Crippen molar-refractivity contribution < 1.29 is 33.9 Å². The van der Waals surface area contributed by atoms with Crippen molar-refractivity contribution in [2.24, 2.45) is 0 Å².